The van der Waals surface area contributed by atoms with Gasteiger partial charge < -0.3 is 10.6 Å². The Labute approximate surface area is 109 Å². The van der Waals surface area contributed by atoms with Gasteiger partial charge in [-0.05, 0) is 18.1 Å². The van der Waals surface area contributed by atoms with E-state index in [1.54, 1.807) is 0 Å². The van der Waals surface area contributed by atoms with Crippen molar-refractivity contribution in [2.75, 3.05) is 18.4 Å². The maximum atomic E-state index is 12.1. The van der Waals surface area contributed by atoms with Crippen molar-refractivity contribution < 1.29 is 4.79 Å². The van der Waals surface area contributed by atoms with Gasteiger partial charge in [0.05, 0.1) is 5.92 Å². The Hall–Kier alpha value is -1.29. The second-order valence-electron chi connectivity index (χ2n) is 4.09. The quantitative estimate of drug-likeness (QED) is 0.900. The third-order valence-electron chi connectivity index (χ3n) is 2.86. The van der Waals surface area contributed by atoms with E-state index in [1.165, 1.54) is 0 Å². The van der Waals surface area contributed by atoms with Gasteiger partial charge >= 0.3 is 0 Å². The molecule has 1 amide bonds. The van der Waals surface area contributed by atoms with Gasteiger partial charge in [0.2, 0.25) is 5.91 Å². The molecule has 3 nitrogen and oxygen atoms in total. The first-order valence-corrected chi connectivity index (χ1v) is 6.41. The molecule has 0 radical (unpaired) electrons. The minimum absolute atomic E-state index is 0.0562. The minimum Gasteiger partial charge on any atom is -0.385 e. The van der Waals surface area contributed by atoms with Crippen molar-refractivity contribution in [3.8, 4) is 0 Å². The number of fused-ring (bicyclic) bond motifs is 1. The molecule has 4 heteroatoms. The van der Waals surface area contributed by atoms with Gasteiger partial charge in [0, 0.05) is 23.3 Å². The van der Waals surface area contributed by atoms with Crippen molar-refractivity contribution in [1.29, 1.82) is 0 Å². The third kappa shape index (κ3) is 2.88. The Morgan fingerprint density at radius 2 is 2.29 bits per heavy atom. The van der Waals surface area contributed by atoms with Crippen molar-refractivity contribution in [1.82, 2.24) is 5.32 Å². The maximum Gasteiger partial charge on any atom is 0.227 e. The molecule has 1 aromatic carbocycles. The van der Waals surface area contributed by atoms with Crippen LogP contribution in [0.1, 0.15) is 17.9 Å². The fourth-order valence-corrected chi connectivity index (χ4v) is 2.19. The van der Waals surface area contributed by atoms with Gasteiger partial charge in [0.25, 0.3) is 0 Å². The molecule has 0 fully saturated rings. The lowest BCUT2D eigenvalue weighted by Gasteiger charge is -2.25. The Morgan fingerprint density at radius 3 is 3.06 bits per heavy atom. The lowest BCUT2D eigenvalue weighted by Crippen LogP contribution is -2.33. The van der Waals surface area contributed by atoms with E-state index in [2.05, 4.69) is 33.1 Å². The highest BCUT2D eigenvalue weighted by atomic mass is 79.9. The molecule has 90 valence electrons. The van der Waals surface area contributed by atoms with E-state index >= 15 is 0 Å². The molecule has 1 aliphatic heterocycles. The normalized spacial score (nSPS) is 17.8. The average molecular weight is 295 g/mol. The van der Waals surface area contributed by atoms with Crippen molar-refractivity contribution in [3.63, 3.8) is 0 Å². The zero-order valence-electron chi connectivity index (χ0n) is 9.50. The molecule has 1 aliphatic rings. The molecule has 2 N–H and O–H groups in total. The summed E-state index contributed by atoms with van der Waals surface area (Å²) in [5.41, 5.74) is 2.15. The topological polar surface area (TPSA) is 41.1 Å². The van der Waals surface area contributed by atoms with E-state index in [9.17, 15) is 4.79 Å². The molecule has 0 aliphatic carbocycles. The number of halogens is 1. The SMILES string of the molecule is C=C(Br)CNC(=O)C1CCNc2ccccc21. The standard InChI is InChI=1S/C13H15BrN2O/c1-9(14)8-16-13(17)11-6-7-15-12-5-3-2-4-10(11)12/h2-5,11,15H,1,6-8H2,(H,16,17). The van der Waals surface area contributed by atoms with E-state index in [4.69, 9.17) is 0 Å². The summed E-state index contributed by atoms with van der Waals surface area (Å²) in [6.07, 6.45) is 0.831. The Kier molecular flexibility index (Phi) is 3.84. The van der Waals surface area contributed by atoms with Gasteiger partial charge in [-0.2, -0.15) is 0 Å². The van der Waals surface area contributed by atoms with Gasteiger partial charge in [-0.3, -0.25) is 4.79 Å². The van der Waals surface area contributed by atoms with Crippen LogP contribution in [0.15, 0.2) is 35.3 Å². The Morgan fingerprint density at radius 1 is 1.53 bits per heavy atom. The predicted octanol–water partition coefficient (Wildman–Crippen LogP) is 2.61. The monoisotopic (exact) mass is 294 g/mol. The molecule has 17 heavy (non-hydrogen) atoms. The van der Waals surface area contributed by atoms with Crippen LogP contribution in [0, 0.1) is 0 Å². The van der Waals surface area contributed by atoms with Crippen molar-refractivity contribution in [3.05, 3.63) is 40.9 Å². The highest BCUT2D eigenvalue weighted by Gasteiger charge is 2.25. The van der Waals surface area contributed by atoms with E-state index in [-0.39, 0.29) is 11.8 Å². The number of anilines is 1. The van der Waals surface area contributed by atoms with E-state index in [0.717, 1.165) is 28.7 Å². The van der Waals surface area contributed by atoms with Crippen LogP contribution in [-0.4, -0.2) is 19.0 Å². The molecule has 0 bridgehead atoms. The highest BCUT2D eigenvalue weighted by molar-refractivity contribution is 9.11. The minimum atomic E-state index is -0.0562. The van der Waals surface area contributed by atoms with Crippen LogP contribution in [0.25, 0.3) is 0 Å². The summed E-state index contributed by atoms with van der Waals surface area (Å²) in [6.45, 7) is 5.02. The van der Waals surface area contributed by atoms with E-state index in [1.807, 2.05) is 24.3 Å². The maximum absolute atomic E-state index is 12.1. The number of hydrogen-bond acceptors (Lipinski definition) is 2. The molecule has 2 rings (SSSR count). The first-order chi connectivity index (χ1) is 8.18. The summed E-state index contributed by atoms with van der Waals surface area (Å²) in [7, 11) is 0. The first kappa shape index (κ1) is 12.2. The third-order valence-corrected chi connectivity index (χ3v) is 3.14. The summed E-state index contributed by atoms with van der Waals surface area (Å²) in [4.78, 5) is 12.1. The molecule has 1 unspecified atom stereocenters. The number of nitrogens with one attached hydrogen (secondary N) is 2. The van der Waals surface area contributed by atoms with Crippen molar-refractivity contribution in [2.45, 2.75) is 12.3 Å². The van der Waals surface area contributed by atoms with Crippen LogP contribution in [0.3, 0.4) is 0 Å². The van der Waals surface area contributed by atoms with Crippen LogP contribution >= 0.6 is 15.9 Å². The molecule has 0 saturated heterocycles. The number of carbonyl (C=O) groups excluding carboxylic acids is 1. The first-order valence-electron chi connectivity index (χ1n) is 5.62. The summed E-state index contributed by atoms with van der Waals surface area (Å²) < 4.78 is 0.785. The summed E-state index contributed by atoms with van der Waals surface area (Å²) in [5, 5.41) is 6.19. The molecule has 0 aromatic heterocycles. The molecule has 1 aromatic rings. The molecular formula is C13H15BrN2O. The number of amides is 1. The second-order valence-corrected chi connectivity index (χ2v) is 5.21. The molecule has 1 atom stereocenters. The molecule has 0 spiro atoms. The molecule has 0 saturated carbocycles. The number of hydrogen-bond donors (Lipinski definition) is 2. The molecule has 1 heterocycles. The average Bonchev–Trinajstić information content (AvgIpc) is 2.35. The van der Waals surface area contributed by atoms with Gasteiger partial charge in [0.15, 0.2) is 0 Å². The number of benzene rings is 1. The van der Waals surface area contributed by atoms with Crippen LogP contribution in [0.4, 0.5) is 5.69 Å². The van der Waals surface area contributed by atoms with E-state index in [0.29, 0.717) is 6.54 Å². The van der Waals surface area contributed by atoms with Crippen molar-refractivity contribution >= 4 is 27.5 Å². The van der Waals surface area contributed by atoms with Crippen LogP contribution < -0.4 is 10.6 Å². The summed E-state index contributed by atoms with van der Waals surface area (Å²) in [5.74, 6) is 0.0128. The predicted molar refractivity (Wildman–Crippen MR) is 73.4 cm³/mol. The van der Waals surface area contributed by atoms with Gasteiger partial charge in [-0.25, -0.2) is 0 Å². The number of carbonyl (C=O) groups is 1. The van der Waals surface area contributed by atoms with Crippen molar-refractivity contribution in [2.24, 2.45) is 0 Å². The van der Waals surface area contributed by atoms with Crippen LogP contribution in [0.5, 0.6) is 0 Å². The second kappa shape index (κ2) is 5.36. The highest BCUT2D eigenvalue weighted by Crippen LogP contribution is 2.31. The lowest BCUT2D eigenvalue weighted by molar-refractivity contribution is -0.122. The zero-order valence-corrected chi connectivity index (χ0v) is 11.1. The number of para-hydroxylation sites is 1. The van der Waals surface area contributed by atoms with Gasteiger partial charge in [0.1, 0.15) is 0 Å². The van der Waals surface area contributed by atoms with Gasteiger partial charge in [-0.15, -0.1) is 0 Å². The molecular weight excluding hydrogens is 280 g/mol. The fourth-order valence-electron chi connectivity index (χ4n) is 2.05. The Balaban J connectivity index is 2.12. The van der Waals surface area contributed by atoms with Crippen LogP contribution in [-0.2, 0) is 4.79 Å². The smallest absolute Gasteiger partial charge is 0.227 e. The van der Waals surface area contributed by atoms with E-state index < -0.39 is 0 Å². The lowest BCUT2D eigenvalue weighted by atomic mass is 9.90. The fraction of sp³-hybridized carbons (Fsp3) is 0.308. The summed E-state index contributed by atoms with van der Waals surface area (Å²) >= 11 is 3.24. The Bertz CT molecular complexity index is 445. The number of rotatable bonds is 3. The zero-order chi connectivity index (χ0) is 12.3. The van der Waals surface area contributed by atoms with Gasteiger partial charge in [-0.1, -0.05) is 40.7 Å². The largest absolute Gasteiger partial charge is 0.385 e. The van der Waals surface area contributed by atoms with Crippen LogP contribution in [0.2, 0.25) is 0 Å². The summed E-state index contributed by atoms with van der Waals surface area (Å²) in [6, 6.07) is 7.97.